The minimum atomic E-state index is 0.384. The van der Waals surface area contributed by atoms with Gasteiger partial charge in [0.2, 0.25) is 5.88 Å². The molecule has 0 spiro atoms. The third kappa shape index (κ3) is 3.91. The zero-order chi connectivity index (χ0) is 16.1. The molecule has 6 heteroatoms. The van der Waals surface area contributed by atoms with E-state index in [0.29, 0.717) is 29.1 Å². The van der Waals surface area contributed by atoms with Crippen LogP contribution < -0.4 is 9.64 Å². The Kier molecular flexibility index (Phi) is 4.94. The minimum Gasteiger partial charge on any atom is -0.476 e. The lowest BCUT2D eigenvalue weighted by Gasteiger charge is -2.33. The third-order valence-electron chi connectivity index (χ3n) is 3.87. The second kappa shape index (κ2) is 7.30. The molecule has 3 rings (SSSR count). The molecule has 1 unspecified atom stereocenters. The molecule has 2 aromatic heterocycles. The van der Waals surface area contributed by atoms with Gasteiger partial charge in [-0.25, -0.2) is 9.97 Å². The molecule has 1 atom stereocenters. The zero-order valence-electron chi connectivity index (χ0n) is 12.7. The zero-order valence-corrected chi connectivity index (χ0v) is 13.4. The summed E-state index contributed by atoms with van der Waals surface area (Å²) >= 11 is 6.06. The number of rotatable bonds is 4. The number of nitriles is 1. The summed E-state index contributed by atoms with van der Waals surface area (Å²) in [5.41, 5.74) is 0.446. The first-order chi connectivity index (χ1) is 11.3. The van der Waals surface area contributed by atoms with Gasteiger partial charge in [-0.05, 0) is 37.1 Å². The Morgan fingerprint density at radius 1 is 1.35 bits per heavy atom. The molecule has 3 heterocycles. The van der Waals surface area contributed by atoms with Crippen molar-refractivity contribution in [2.45, 2.75) is 12.8 Å². The number of nitrogens with zero attached hydrogens (tertiary/aromatic N) is 4. The summed E-state index contributed by atoms with van der Waals surface area (Å²) < 4.78 is 5.76. The smallest absolute Gasteiger partial charge is 0.232 e. The Hall–Kier alpha value is -2.32. The lowest BCUT2D eigenvalue weighted by molar-refractivity contribution is 0.221. The number of ether oxygens (including phenoxy) is 1. The Morgan fingerprint density at radius 2 is 2.26 bits per heavy atom. The number of anilines is 1. The molecule has 0 N–H and O–H groups in total. The van der Waals surface area contributed by atoms with Crippen LogP contribution in [0.1, 0.15) is 18.5 Å². The van der Waals surface area contributed by atoms with Crippen LogP contribution in [-0.2, 0) is 0 Å². The normalized spacial score (nSPS) is 17.6. The van der Waals surface area contributed by atoms with Crippen molar-refractivity contribution in [2.24, 2.45) is 5.92 Å². The molecule has 1 aliphatic heterocycles. The van der Waals surface area contributed by atoms with Crippen LogP contribution in [0.3, 0.4) is 0 Å². The molecule has 0 bridgehead atoms. The van der Waals surface area contributed by atoms with E-state index in [0.717, 1.165) is 31.7 Å². The second-order valence-electron chi connectivity index (χ2n) is 5.55. The van der Waals surface area contributed by atoms with Crippen LogP contribution in [0.25, 0.3) is 0 Å². The fourth-order valence-corrected chi connectivity index (χ4v) is 2.92. The van der Waals surface area contributed by atoms with Crippen LogP contribution in [0.4, 0.5) is 5.82 Å². The van der Waals surface area contributed by atoms with Gasteiger partial charge in [-0.1, -0.05) is 17.7 Å². The fourth-order valence-electron chi connectivity index (χ4n) is 2.75. The van der Waals surface area contributed by atoms with E-state index in [4.69, 9.17) is 21.6 Å². The van der Waals surface area contributed by atoms with Crippen LogP contribution in [0.2, 0.25) is 5.02 Å². The summed E-state index contributed by atoms with van der Waals surface area (Å²) in [7, 11) is 0. The molecule has 23 heavy (non-hydrogen) atoms. The molecular formula is C17H17ClN4O. The first kappa shape index (κ1) is 15.6. The second-order valence-corrected chi connectivity index (χ2v) is 5.96. The van der Waals surface area contributed by atoms with Gasteiger partial charge in [0.05, 0.1) is 6.61 Å². The third-order valence-corrected chi connectivity index (χ3v) is 4.16. The minimum absolute atomic E-state index is 0.384. The summed E-state index contributed by atoms with van der Waals surface area (Å²) in [5.74, 6) is 1.72. The van der Waals surface area contributed by atoms with E-state index in [1.54, 1.807) is 24.4 Å². The van der Waals surface area contributed by atoms with Gasteiger partial charge < -0.3 is 9.64 Å². The summed E-state index contributed by atoms with van der Waals surface area (Å²) in [5, 5.41) is 9.51. The van der Waals surface area contributed by atoms with E-state index in [2.05, 4.69) is 20.9 Å². The van der Waals surface area contributed by atoms with Gasteiger partial charge in [0.15, 0.2) is 0 Å². The molecule has 0 aromatic carbocycles. The molecule has 0 radical (unpaired) electrons. The number of halogens is 1. The highest BCUT2D eigenvalue weighted by atomic mass is 35.5. The number of piperidine rings is 1. The van der Waals surface area contributed by atoms with Crippen molar-refractivity contribution in [1.82, 2.24) is 9.97 Å². The van der Waals surface area contributed by atoms with Gasteiger partial charge in [0.1, 0.15) is 22.6 Å². The maximum Gasteiger partial charge on any atom is 0.232 e. The Balaban J connectivity index is 1.62. The number of hydrogen-bond acceptors (Lipinski definition) is 5. The maximum absolute atomic E-state index is 8.98. The van der Waals surface area contributed by atoms with Gasteiger partial charge in [-0.3, -0.25) is 0 Å². The van der Waals surface area contributed by atoms with Crippen molar-refractivity contribution in [3.05, 3.63) is 47.2 Å². The molecule has 1 fully saturated rings. The highest BCUT2D eigenvalue weighted by molar-refractivity contribution is 6.31. The van der Waals surface area contributed by atoms with E-state index >= 15 is 0 Å². The van der Waals surface area contributed by atoms with Crippen LogP contribution in [0.5, 0.6) is 5.88 Å². The van der Waals surface area contributed by atoms with Gasteiger partial charge in [-0.15, -0.1) is 0 Å². The van der Waals surface area contributed by atoms with Crippen molar-refractivity contribution in [3.8, 4) is 11.9 Å². The summed E-state index contributed by atoms with van der Waals surface area (Å²) in [6.45, 7) is 2.38. The standard InChI is InChI=1S/C17H17ClN4O/c18-15-6-2-8-20-17(15)23-12-13-4-3-9-22(11-13)16-7-1-5-14(10-19)21-16/h1-2,5-8,13H,3-4,9,11-12H2. The molecular weight excluding hydrogens is 312 g/mol. The van der Waals surface area contributed by atoms with E-state index in [1.807, 2.05) is 12.1 Å². The lowest BCUT2D eigenvalue weighted by atomic mass is 9.99. The van der Waals surface area contributed by atoms with E-state index in [9.17, 15) is 0 Å². The molecule has 5 nitrogen and oxygen atoms in total. The Bertz CT molecular complexity index is 716. The van der Waals surface area contributed by atoms with Crippen molar-refractivity contribution in [1.29, 1.82) is 5.26 Å². The van der Waals surface area contributed by atoms with E-state index in [-0.39, 0.29) is 0 Å². The first-order valence-corrected chi connectivity index (χ1v) is 7.99. The Labute approximate surface area is 140 Å². The largest absolute Gasteiger partial charge is 0.476 e. The predicted octanol–water partition coefficient (Wildman–Crippen LogP) is 3.30. The van der Waals surface area contributed by atoms with Crippen LogP contribution in [0.15, 0.2) is 36.5 Å². The molecule has 1 saturated heterocycles. The fraction of sp³-hybridized carbons (Fsp3) is 0.353. The van der Waals surface area contributed by atoms with E-state index in [1.165, 1.54) is 0 Å². The summed E-state index contributed by atoms with van der Waals surface area (Å²) in [4.78, 5) is 10.7. The van der Waals surface area contributed by atoms with Crippen LogP contribution in [-0.4, -0.2) is 29.7 Å². The van der Waals surface area contributed by atoms with Crippen LogP contribution in [0, 0.1) is 17.2 Å². The van der Waals surface area contributed by atoms with Gasteiger partial charge in [-0.2, -0.15) is 5.26 Å². The van der Waals surface area contributed by atoms with Gasteiger partial charge >= 0.3 is 0 Å². The molecule has 1 aliphatic rings. The molecule has 0 amide bonds. The van der Waals surface area contributed by atoms with Crippen LogP contribution >= 0.6 is 11.6 Å². The number of hydrogen-bond donors (Lipinski definition) is 0. The Morgan fingerprint density at radius 3 is 3.09 bits per heavy atom. The molecule has 2 aromatic rings. The first-order valence-electron chi connectivity index (χ1n) is 7.61. The van der Waals surface area contributed by atoms with Gasteiger partial charge in [0, 0.05) is 25.2 Å². The topological polar surface area (TPSA) is 62.0 Å². The SMILES string of the molecule is N#Cc1cccc(N2CCCC(COc3ncccc3Cl)C2)n1. The highest BCUT2D eigenvalue weighted by Crippen LogP contribution is 2.25. The van der Waals surface area contributed by atoms with E-state index < -0.39 is 0 Å². The van der Waals surface area contributed by atoms with Crippen molar-refractivity contribution < 1.29 is 4.74 Å². The van der Waals surface area contributed by atoms with Gasteiger partial charge in [0.25, 0.3) is 0 Å². The van der Waals surface area contributed by atoms with Crippen molar-refractivity contribution in [3.63, 3.8) is 0 Å². The predicted molar refractivity (Wildman–Crippen MR) is 88.6 cm³/mol. The molecule has 118 valence electrons. The highest BCUT2D eigenvalue weighted by Gasteiger charge is 2.22. The molecule has 0 saturated carbocycles. The maximum atomic E-state index is 8.98. The van der Waals surface area contributed by atoms with Crippen molar-refractivity contribution >= 4 is 17.4 Å². The van der Waals surface area contributed by atoms with Crippen molar-refractivity contribution in [2.75, 3.05) is 24.6 Å². The average molecular weight is 329 g/mol. The monoisotopic (exact) mass is 328 g/mol. The molecule has 0 aliphatic carbocycles. The quantitative estimate of drug-likeness (QED) is 0.861. The summed E-state index contributed by atoms with van der Waals surface area (Å²) in [6, 6.07) is 11.2. The lowest BCUT2D eigenvalue weighted by Crippen LogP contribution is -2.38. The number of aromatic nitrogens is 2. The number of pyridine rings is 2. The summed E-state index contributed by atoms with van der Waals surface area (Å²) in [6.07, 6.45) is 3.84. The average Bonchev–Trinajstić information content (AvgIpc) is 2.61.